The molecule has 1 atom stereocenters. The van der Waals surface area contributed by atoms with Crippen molar-refractivity contribution in [3.63, 3.8) is 0 Å². The predicted octanol–water partition coefficient (Wildman–Crippen LogP) is 0.145. The number of rotatable bonds is 5. The van der Waals surface area contributed by atoms with E-state index in [9.17, 15) is 15.2 Å². The Hall–Kier alpha value is -1.73. The van der Waals surface area contributed by atoms with Crippen molar-refractivity contribution in [1.29, 1.82) is 0 Å². The van der Waals surface area contributed by atoms with Gasteiger partial charge in [-0.3, -0.25) is 0 Å². The van der Waals surface area contributed by atoms with E-state index in [4.69, 9.17) is 5.11 Å². The first-order valence-corrected chi connectivity index (χ1v) is 4.63. The third-order valence-electron chi connectivity index (χ3n) is 1.96. The van der Waals surface area contributed by atoms with Crippen molar-refractivity contribution in [2.45, 2.75) is 12.5 Å². The second-order valence-corrected chi connectivity index (χ2v) is 3.64. The van der Waals surface area contributed by atoms with Gasteiger partial charge in [0.15, 0.2) is 0 Å². The fraction of sp³-hybridized carbons (Fsp3) is 0.444. The number of aliphatic hydroxyl groups is 2. The number of hydrogen-bond donors (Lipinski definition) is 3. The number of nitrogens with one attached hydrogen (secondary N) is 1. The second kappa shape index (κ2) is 4.86. The summed E-state index contributed by atoms with van der Waals surface area (Å²) in [6.45, 7) is 0.978. The summed E-state index contributed by atoms with van der Waals surface area (Å²) in [6.07, 6.45) is 1.31. The van der Waals surface area contributed by atoms with Crippen LogP contribution in [0.5, 0.6) is 0 Å². The fourth-order valence-electron chi connectivity index (χ4n) is 1.02. The topological polar surface area (TPSA) is 109 Å². The Balaban J connectivity index is 2.78. The molecule has 3 N–H and O–H groups in total. The molecule has 1 rings (SSSR count). The lowest BCUT2D eigenvalue weighted by Gasteiger charge is -2.20. The Kier molecular flexibility index (Phi) is 3.75. The third kappa shape index (κ3) is 3.14. The van der Waals surface area contributed by atoms with Crippen molar-refractivity contribution < 1.29 is 15.1 Å². The van der Waals surface area contributed by atoms with Gasteiger partial charge in [0.1, 0.15) is 17.5 Å². The van der Waals surface area contributed by atoms with Gasteiger partial charge in [0.05, 0.1) is 6.61 Å². The van der Waals surface area contributed by atoms with Crippen molar-refractivity contribution in [2.24, 2.45) is 0 Å². The van der Waals surface area contributed by atoms with E-state index in [1.54, 1.807) is 6.07 Å². The predicted molar refractivity (Wildman–Crippen MR) is 57.1 cm³/mol. The van der Waals surface area contributed by atoms with Gasteiger partial charge in [-0.25, -0.2) is 0 Å². The smallest absolute Gasteiger partial charge is 0.386 e. The molecule has 0 aliphatic carbocycles. The fourth-order valence-corrected chi connectivity index (χ4v) is 1.02. The Morgan fingerprint density at radius 1 is 1.69 bits per heavy atom. The maximum Gasteiger partial charge on any atom is 0.386 e. The van der Waals surface area contributed by atoms with Crippen LogP contribution in [0.4, 0.5) is 11.5 Å². The van der Waals surface area contributed by atoms with E-state index >= 15 is 0 Å². The summed E-state index contributed by atoms with van der Waals surface area (Å²) in [5.74, 6) is -0.309. The minimum atomic E-state index is -1.33. The number of nitro groups is 1. The lowest BCUT2D eigenvalue weighted by Crippen LogP contribution is -2.37. The summed E-state index contributed by atoms with van der Waals surface area (Å²) in [5, 5.41) is 31.6. The van der Waals surface area contributed by atoms with Crippen LogP contribution in [0.25, 0.3) is 0 Å². The van der Waals surface area contributed by atoms with Gasteiger partial charge in [0, 0.05) is 6.54 Å². The number of hydrogen-bond acceptors (Lipinski definition) is 6. The van der Waals surface area contributed by atoms with Crippen molar-refractivity contribution in [1.82, 2.24) is 4.98 Å². The Labute approximate surface area is 91.9 Å². The van der Waals surface area contributed by atoms with E-state index in [0.717, 1.165) is 0 Å². The zero-order chi connectivity index (χ0) is 12.2. The first-order chi connectivity index (χ1) is 7.46. The highest BCUT2D eigenvalue weighted by Gasteiger charge is 2.21. The molecule has 0 saturated heterocycles. The summed E-state index contributed by atoms with van der Waals surface area (Å²) in [7, 11) is 0. The van der Waals surface area contributed by atoms with E-state index in [2.05, 4.69) is 10.3 Å². The van der Waals surface area contributed by atoms with Crippen LogP contribution < -0.4 is 5.32 Å². The average Bonchev–Trinajstić information content (AvgIpc) is 2.27. The van der Waals surface area contributed by atoms with Gasteiger partial charge in [0.2, 0.25) is 0 Å². The molecule has 16 heavy (non-hydrogen) atoms. The van der Waals surface area contributed by atoms with Gasteiger partial charge in [-0.15, -0.1) is 0 Å². The first kappa shape index (κ1) is 12.3. The number of aliphatic hydroxyl groups excluding tert-OH is 1. The lowest BCUT2D eigenvalue weighted by atomic mass is 10.1. The molecule has 0 aromatic carbocycles. The molecule has 0 aliphatic heterocycles. The molecular formula is C9H13N3O4. The molecule has 0 fully saturated rings. The van der Waals surface area contributed by atoms with Gasteiger partial charge in [-0.2, -0.15) is 0 Å². The van der Waals surface area contributed by atoms with E-state index in [1.807, 2.05) is 0 Å². The van der Waals surface area contributed by atoms with E-state index in [1.165, 1.54) is 19.2 Å². The van der Waals surface area contributed by atoms with Gasteiger partial charge >= 0.3 is 5.82 Å². The molecule has 1 aromatic rings. The molecule has 0 aliphatic rings. The largest absolute Gasteiger partial charge is 0.393 e. The van der Waals surface area contributed by atoms with Crippen LogP contribution in [0.2, 0.25) is 0 Å². The van der Waals surface area contributed by atoms with Crippen LogP contribution in [-0.4, -0.2) is 38.9 Å². The maximum atomic E-state index is 10.6. The van der Waals surface area contributed by atoms with Gasteiger partial charge in [0.25, 0.3) is 0 Å². The molecule has 7 heteroatoms. The van der Waals surface area contributed by atoms with Crippen LogP contribution in [0.3, 0.4) is 0 Å². The number of aromatic nitrogens is 1. The highest BCUT2D eigenvalue weighted by atomic mass is 16.6. The molecule has 1 heterocycles. The molecule has 0 bridgehead atoms. The molecule has 88 valence electrons. The molecule has 1 aromatic heterocycles. The molecular weight excluding hydrogens is 214 g/mol. The average molecular weight is 227 g/mol. The minimum absolute atomic E-state index is 0.00394. The number of anilines is 1. The molecule has 1 unspecified atom stereocenters. The highest BCUT2D eigenvalue weighted by molar-refractivity contribution is 5.56. The Morgan fingerprint density at radius 3 is 2.94 bits per heavy atom. The van der Waals surface area contributed by atoms with Crippen molar-refractivity contribution in [2.75, 3.05) is 18.5 Å². The van der Waals surface area contributed by atoms with Crippen molar-refractivity contribution in [3.05, 3.63) is 28.4 Å². The van der Waals surface area contributed by atoms with Crippen LogP contribution in [0.1, 0.15) is 6.92 Å². The minimum Gasteiger partial charge on any atom is -0.393 e. The Morgan fingerprint density at radius 2 is 2.38 bits per heavy atom. The van der Waals surface area contributed by atoms with E-state index in [-0.39, 0.29) is 18.1 Å². The third-order valence-corrected chi connectivity index (χ3v) is 1.96. The molecule has 0 amide bonds. The van der Waals surface area contributed by atoms with Crippen LogP contribution in [0, 0.1) is 10.1 Å². The monoisotopic (exact) mass is 227 g/mol. The summed E-state index contributed by atoms with van der Waals surface area (Å²) in [4.78, 5) is 13.6. The van der Waals surface area contributed by atoms with Gasteiger partial charge < -0.3 is 25.6 Å². The van der Waals surface area contributed by atoms with E-state index < -0.39 is 17.1 Å². The quantitative estimate of drug-likeness (QED) is 0.488. The summed E-state index contributed by atoms with van der Waals surface area (Å²) in [6, 6.07) is 3.03. The maximum absolute atomic E-state index is 10.6. The normalized spacial score (nSPS) is 14.2. The van der Waals surface area contributed by atoms with Crippen molar-refractivity contribution in [3.8, 4) is 0 Å². The molecule has 0 spiro atoms. The zero-order valence-electron chi connectivity index (χ0n) is 8.75. The van der Waals surface area contributed by atoms with Gasteiger partial charge in [-0.1, -0.05) is 0 Å². The lowest BCUT2D eigenvalue weighted by molar-refractivity contribution is -0.388. The van der Waals surface area contributed by atoms with Crippen molar-refractivity contribution >= 4 is 11.5 Å². The SMILES string of the molecule is CC(O)(CO)CNc1cccnc1[N+](=O)[O-]. The highest BCUT2D eigenvalue weighted by Crippen LogP contribution is 2.20. The van der Waals surface area contributed by atoms with Crippen LogP contribution in [0.15, 0.2) is 18.3 Å². The standard InChI is InChI=1S/C9H13N3O4/c1-9(14,6-13)5-11-7-3-2-4-10-8(7)12(15)16/h2-4,11,13-14H,5-6H2,1H3. The second-order valence-electron chi connectivity index (χ2n) is 3.64. The van der Waals surface area contributed by atoms with Gasteiger partial charge in [-0.05, 0) is 29.0 Å². The zero-order valence-corrected chi connectivity index (χ0v) is 8.75. The number of nitrogens with zero attached hydrogens (tertiary/aromatic N) is 2. The molecule has 0 saturated carbocycles. The van der Waals surface area contributed by atoms with Crippen LogP contribution >= 0.6 is 0 Å². The molecule has 7 nitrogen and oxygen atoms in total. The molecule has 0 radical (unpaired) electrons. The summed E-state index contributed by atoms with van der Waals surface area (Å²) >= 11 is 0. The van der Waals surface area contributed by atoms with E-state index in [0.29, 0.717) is 0 Å². The summed E-state index contributed by atoms with van der Waals surface area (Å²) < 4.78 is 0. The summed E-state index contributed by atoms with van der Waals surface area (Å²) in [5.41, 5.74) is -1.12. The Bertz CT molecular complexity index is 381. The number of pyridine rings is 1. The van der Waals surface area contributed by atoms with Crippen LogP contribution in [-0.2, 0) is 0 Å². The first-order valence-electron chi connectivity index (χ1n) is 4.63.